The van der Waals surface area contributed by atoms with E-state index in [0.29, 0.717) is 10.8 Å². The lowest BCUT2D eigenvalue weighted by Gasteiger charge is -2.25. The second-order valence-corrected chi connectivity index (χ2v) is 5.46. The minimum Gasteiger partial charge on any atom is -0.478 e. The Morgan fingerprint density at radius 2 is 2.04 bits per heavy atom. The molecule has 1 aliphatic rings. The zero-order valence-electron chi connectivity index (χ0n) is 12.6. The fourth-order valence-corrected chi connectivity index (χ4v) is 2.82. The Labute approximate surface area is 134 Å². The summed E-state index contributed by atoms with van der Waals surface area (Å²) in [4.78, 5) is 42.3. The highest BCUT2D eigenvalue weighted by molar-refractivity contribution is 5.75. The number of carboxylic acid groups (broad SMARTS) is 1. The normalized spacial score (nSPS) is 24.2. The van der Waals surface area contributed by atoms with Crippen LogP contribution in [0.3, 0.4) is 0 Å². The van der Waals surface area contributed by atoms with Gasteiger partial charge in [0.25, 0.3) is 11.3 Å². The minimum absolute atomic E-state index is 0.145. The molecule has 8 nitrogen and oxygen atoms in total. The number of carboxylic acids is 1. The summed E-state index contributed by atoms with van der Waals surface area (Å²) in [5.41, 5.74) is -3.66. The van der Waals surface area contributed by atoms with Crippen LogP contribution in [0.15, 0.2) is 46.1 Å². The number of carbonyl (C=O) groups is 1. The molecule has 0 saturated carbocycles. The number of aromatic amines is 1. The van der Waals surface area contributed by atoms with Crippen molar-refractivity contribution in [2.45, 2.75) is 18.2 Å². The summed E-state index contributed by atoms with van der Waals surface area (Å²) in [6.07, 6.45) is 0.407. The predicted octanol–water partition coefficient (Wildman–Crippen LogP) is 0.421. The summed E-state index contributed by atoms with van der Waals surface area (Å²) in [6, 6.07) is 8.50. The van der Waals surface area contributed by atoms with Gasteiger partial charge in [0, 0.05) is 13.5 Å². The molecule has 0 amide bonds. The summed E-state index contributed by atoms with van der Waals surface area (Å²) < 4.78 is 14.2. The van der Waals surface area contributed by atoms with Gasteiger partial charge in [0.2, 0.25) is 5.82 Å². The molecule has 1 aromatic heterocycles. The number of H-pyrrole nitrogens is 1. The fourth-order valence-electron chi connectivity index (χ4n) is 2.82. The number of hydrogen-bond donors (Lipinski definition) is 2. The molecule has 0 spiro atoms. The molecule has 1 fully saturated rings. The first-order valence-electron chi connectivity index (χ1n) is 7.07. The van der Waals surface area contributed by atoms with Crippen molar-refractivity contribution in [1.82, 2.24) is 14.6 Å². The SMILES string of the molecule is CN1O[C@@](C(=O)O)(n2cc(F)c(=O)[nH]c2=O)C[C@@H]1c1ccccc1. The van der Waals surface area contributed by atoms with Crippen LogP contribution in [0.25, 0.3) is 0 Å². The highest BCUT2D eigenvalue weighted by Gasteiger charge is 2.53. The van der Waals surface area contributed by atoms with Crippen LogP contribution in [0.5, 0.6) is 0 Å². The van der Waals surface area contributed by atoms with Crippen molar-refractivity contribution in [3.8, 4) is 0 Å². The summed E-state index contributed by atoms with van der Waals surface area (Å²) in [5, 5.41) is 11.0. The van der Waals surface area contributed by atoms with E-state index in [9.17, 15) is 23.9 Å². The van der Waals surface area contributed by atoms with Gasteiger partial charge in [0.05, 0.1) is 12.2 Å². The van der Waals surface area contributed by atoms with Crippen molar-refractivity contribution in [2.24, 2.45) is 0 Å². The third kappa shape index (κ3) is 2.43. The Kier molecular flexibility index (Phi) is 3.82. The van der Waals surface area contributed by atoms with Crippen molar-refractivity contribution in [3.05, 3.63) is 68.7 Å². The molecule has 0 aliphatic carbocycles. The van der Waals surface area contributed by atoms with Gasteiger partial charge in [-0.2, -0.15) is 9.45 Å². The number of benzene rings is 1. The number of nitrogens with one attached hydrogen (secondary N) is 1. The molecule has 1 saturated heterocycles. The average Bonchev–Trinajstić information content (AvgIpc) is 2.90. The molecule has 9 heteroatoms. The van der Waals surface area contributed by atoms with Crippen molar-refractivity contribution in [2.75, 3.05) is 7.05 Å². The maximum atomic E-state index is 13.6. The summed E-state index contributed by atoms with van der Waals surface area (Å²) in [6.45, 7) is 0. The Bertz CT molecular complexity index is 894. The van der Waals surface area contributed by atoms with Crippen LogP contribution in [0.4, 0.5) is 4.39 Å². The molecular formula is C15H14FN3O5. The molecule has 2 N–H and O–H groups in total. The lowest BCUT2D eigenvalue weighted by molar-refractivity contribution is -0.235. The average molecular weight is 335 g/mol. The van der Waals surface area contributed by atoms with Crippen molar-refractivity contribution in [3.63, 3.8) is 0 Å². The number of rotatable bonds is 3. The number of hydrogen-bond acceptors (Lipinski definition) is 5. The molecular weight excluding hydrogens is 321 g/mol. The zero-order chi connectivity index (χ0) is 17.5. The fraction of sp³-hybridized carbons (Fsp3) is 0.267. The van der Waals surface area contributed by atoms with E-state index >= 15 is 0 Å². The Morgan fingerprint density at radius 1 is 1.38 bits per heavy atom. The van der Waals surface area contributed by atoms with E-state index in [1.807, 2.05) is 6.07 Å². The van der Waals surface area contributed by atoms with Gasteiger partial charge in [-0.25, -0.2) is 9.59 Å². The van der Waals surface area contributed by atoms with E-state index < -0.39 is 34.8 Å². The largest absolute Gasteiger partial charge is 0.478 e. The first kappa shape index (κ1) is 16.1. The predicted molar refractivity (Wildman–Crippen MR) is 79.5 cm³/mol. The first-order valence-corrected chi connectivity index (χ1v) is 7.07. The number of halogens is 1. The second-order valence-electron chi connectivity index (χ2n) is 5.46. The first-order chi connectivity index (χ1) is 11.3. The molecule has 0 radical (unpaired) electrons. The lowest BCUT2D eigenvalue weighted by atomic mass is 9.98. The van der Waals surface area contributed by atoms with Gasteiger partial charge in [-0.15, -0.1) is 0 Å². The van der Waals surface area contributed by atoms with E-state index in [2.05, 4.69) is 0 Å². The van der Waals surface area contributed by atoms with E-state index in [1.165, 1.54) is 12.1 Å². The highest BCUT2D eigenvalue weighted by Crippen LogP contribution is 2.41. The quantitative estimate of drug-likeness (QED) is 0.842. The van der Waals surface area contributed by atoms with Crippen molar-refractivity contribution in [1.29, 1.82) is 0 Å². The van der Waals surface area contributed by atoms with E-state index in [0.717, 1.165) is 5.56 Å². The standard InChI is InChI=1S/C15H14FN3O5/c1-18-11(9-5-3-2-4-6-9)7-15(24-18,13(21)22)19-8-10(16)12(20)17-14(19)23/h2-6,8,11H,7H2,1H3,(H,21,22)(H,17,20,23)/t11-,15+/m1/s1. The van der Waals surface area contributed by atoms with Gasteiger partial charge in [-0.3, -0.25) is 19.2 Å². The van der Waals surface area contributed by atoms with Crippen LogP contribution in [-0.2, 0) is 15.4 Å². The number of nitrogens with zero attached hydrogens (tertiary/aromatic N) is 2. The van der Waals surface area contributed by atoms with Gasteiger partial charge in [-0.05, 0) is 5.56 Å². The van der Waals surface area contributed by atoms with Gasteiger partial charge in [0.1, 0.15) is 0 Å². The van der Waals surface area contributed by atoms with Crippen LogP contribution in [0.2, 0.25) is 0 Å². The van der Waals surface area contributed by atoms with Crippen LogP contribution in [-0.4, -0.2) is 32.7 Å². The van der Waals surface area contributed by atoms with Gasteiger partial charge in [-0.1, -0.05) is 30.3 Å². The van der Waals surface area contributed by atoms with Gasteiger partial charge < -0.3 is 5.11 Å². The Hall–Kier alpha value is -2.78. The molecule has 24 heavy (non-hydrogen) atoms. The van der Waals surface area contributed by atoms with Crippen LogP contribution in [0.1, 0.15) is 18.0 Å². The molecule has 2 heterocycles. The maximum Gasteiger partial charge on any atom is 0.359 e. The molecule has 1 aromatic carbocycles. The molecule has 2 aromatic rings. The summed E-state index contributed by atoms with van der Waals surface area (Å²) in [7, 11) is 1.52. The third-order valence-electron chi connectivity index (χ3n) is 4.01. The Morgan fingerprint density at radius 3 is 2.67 bits per heavy atom. The molecule has 2 atom stereocenters. The van der Waals surface area contributed by atoms with Crippen LogP contribution in [0, 0.1) is 5.82 Å². The summed E-state index contributed by atoms with van der Waals surface area (Å²) >= 11 is 0. The maximum absolute atomic E-state index is 13.6. The number of aromatic nitrogens is 2. The van der Waals surface area contributed by atoms with E-state index in [-0.39, 0.29) is 6.42 Å². The van der Waals surface area contributed by atoms with Crippen molar-refractivity contribution >= 4 is 5.97 Å². The number of aliphatic carboxylic acids is 1. The zero-order valence-corrected chi connectivity index (χ0v) is 12.6. The van der Waals surface area contributed by atoms with E-state index in [1.54, 1.807) is 29.2 Å². The smallest absolute Gasteiger partial charge is 0.359 e. The second kappa shape index (κ2) is 5.69. The lowest BCUT2D eigenvalue weighted by Crippen LogP contribution is -2.50. The monoisotopic (exact) mass is 335 g/mol. The molecule has 3 rings (SSSR count). The van der Waals surface area contributed by atoms with E-state index in [4.69, 9.17) is 4.84 Å². The molecule has 0 unspecified atom stereocenters. The highest BCUT2D eigenvalue weighted by atomic mass is 19.1. The minimum atomic E-state index is -2.16. The molecule has 126 valence electrons. The van der Waals surface area contributed by atoms with Crippen LogP contribution < -0.4 is 11.2 Å². The van der Waals surface area contributed by atoms with Crippen LogP contribution >= 0.6 is 0 Å². The van der Waals surface area contributed by atoms with Crippen molar-refractivity contribution < 1.29 is 19.1 Å². The number of hydroxylamine groups is 2. The summed E-state index contributed by atoms with van der Waals surface area (Å²) in [5.74, 6) is -2.74. The Balaban J connectivity index is 2.12. The topological polar surface area (TPSA) is 105 Å². The third-order valence-corrected chi connectivity index (χ3v) is 4.01. The van der Waals surface area contributed by atoms with Gasteiger partial charge >= 0.3 is 11.7 Å². The molecule has 0 bridgehead atoms. The van der Waals surface area contributed by atoms with Gasteiger partial charge in [0.15, 0.2) is 0 Å². The molecule has 1 aliphatic heterocycles.